The van der Waals surface area contributed by atoms with E-state index in [2.05, 4.69) is 6.92 Å². The van der Waals surface area contributed by atoms with Crippen molar-refractivity contribution in [1.82, 2.24) is 9.13 Å². The Bertz CT molecular complexity index is 954. The number of fused-ring (bicyclic) bond motifs is 3. The van der Waals surface area contributed by atoms with Gasteiger partial charge >= 0.3 is 5.69 Å². The van der Waals surface area contributed by atoms with Crippen LogP contribution in [0, 0.1) is 5.92 Å². The summed E-state index contributed by atoms with van der Waals surface area (Å²) in [6.07, 6.45) is 3.56. The van der Waals surface area contributed by atoms with E-state index in [0.29, 0.717) is 22.7 Å². The molecule has 0 radical (unpaired) electrons. The number of aromatic nitrogens is 2. The molecule has 0 saturated heterocycles. The maximum Gasteiger partial charge on any atom is 0.332 e. The van der Waals surface area contributed by atoms with E-state index >= 15 is 0 Å². The number of hydrogen-bond donors (Lipinski definition) is 1. The quantitative estimate of drug-likeness (QED) is 0.671. The lowest BCUT2D eigenvalue weighted by Crippen LogP contribution is -3.05. The van der Waals surface area contributed by atoms with Crippen LogP contribution in [-0.2, 0) is 30.7 Å². The highest BCUT2D eigenvalue weighted by molar-refractivity contribution is 7.18. The minimum Gasteiger partial charge on any atom is -0.548 e. The maximum absolute atomic E-state index is 12.9. The number of nitrogens with zero attached hydrogens (tertiary/aromatic N) is 2. The largest absolute Gasteiger partial charge is 0.548 e. The number of aliphatic carboxylic acids is 1. The second-order valence-corrected chi connectivity index (χ2v) is 8.62. The van der Waals surface area contributed by atoms with Crippen LogP contribution in [0.25, 0.3) is 10.2 Å². The predicted molar refractivity (Wildman–Crippen MR) is 98.8 cm³/mol. The normalized spacial score (nSPS) is 17.0. The zero-order valence-electron chi connectivity index (χ0n) is 15.5. The van der Waals surface area contributed by atoms with Gasteiger partial charge in [-0.05, 0) is 30.7 Å². The third-order valence-electron chi connectivity index (χ3n) is 5.00. The molecule has 0 spiro atoms. The molecule has 1 aliphatic carbocycles. The third kappa shape index (κ3) is 3.48. The summed E-state index contributed by atoms with van der Waals surface area (Å²) in [7, 11) is 4.08. The van der Waals surface area contributed by atoms with Crippen LogP contribution in [0.15, 0.2) is 9.59 Å². The fourth-order valence-electron chi connectivity index (χ4n) is 3.67. The van der Waals surface area contributed by atoms with Crippen LogP contribution in [0.1, 0.15) is 30.2 Å². The van der Waals surface area contributed by atoms with Crippen LogP contribution in [0.3, 0.4) is 0 Å². The zero-order valence-corrected chi connectivity index (χ0v) is 16.3. The number of carboxylic acids is 1. The Balaban J connectivity index is 2.21. The minimum absolute atomic E-state index is 0.475. The summed E-state index contributed by atoms with van der Waals surface area (Å²) in [5.74, 6) is -0.947. The molecule has 2 aromatic heterocycles. The molecule has 0 aliphatic heterocycles. The first-order valence-corrected chi connectivity index (χ1v) is 9.88. The molecule has 3 rings (SSSR count). The van der Waals surface area contributed by atoms with Gasteiger partial charge in [-0.2, -0.15) is 0 Å². The lowest BCUT2D eigenvalue weighted by atomic mass is 9.89. The average molecular weight is 379 g/mol. The Morgan fingerprint density at radius 2 is 2.04 bits per heavy atom. The molecule has 0 aromatic carbocycles. The summed E-state index contributed by atoms with van der Waals surface area (Å²) >= 11 is 1.52. The van der Waals surface area contributed by atoms with E-state index in [1.807, 2.05) is 14.1 Å². The summed E-state index contributed by atoms with van der Waals surface area (Å²) in [5.41, 5.74) is -0.0322. The first-order valence-electron chi connectivity index (χ1n) is 9.06. The summed E-state index contributed by atoms with van der Waals surface area (Å²) in [5, 5.41) is 11.6. The highest BCUT2D eigenvalue weighted by Gasteiger charge is 2.25. The van der Waals surface area contributed by atoms with Crippen molar-refractivity contribution in [2.45, 2.75) is 45.7 Å². The van der Waals surface area contributed by atoms with Crippen LogP contribution in [0.2, 0.25) is 0 Å². The van der Waals surface area contributed by atoms with E-state index in [1.165, 1.54) is 16.2 Å². The molecule has 0 bridgehead atoms. The molecule has 1 aliphatic rings. The van der Waals surface area contributed by atoms with E-state index in [9.17, 15) is 19.5 Å². The molecule has 8 heteroatoms. The number of carboxylic acid groups (broad SMARTS) is 1. The minimum atomic E-state index is -1.43. The first-order chi connectivity index (χ1) is 12.3. The molecule has 26 heavy (non-hydrogen) atoms. The molecule has 2 aromatic rings. The fraction of sp³-hybridized carbons (Fsp3) is 0.611. The van der Waals surface area contributed by atoms with Crippen molar-refractivity contribution in [2.24, 2.45) is 5.92 Å². The second kappa shape index (κ2) is 7.36. The molecule has 0 amide bonds. The molecular formula is C18H25N3O4S. The SMILES string of the molecule is C[C@H]1CCc2sc3c(c2C1)c(=O)n(CC(=O)[O-])c(=O)n3CCC[NH+](C)C. The number of carbonyl (C=O) groups is 1. The van der Waals surface area contributed by atoms with Gasteiger partial charge in [-0.25, -0.2) is 4.79 Å². The van der Waals surface area contributed by atoms with E-state index in [4.69, 9.17) is 0 Å². The van der Waals surface area contributed by atoms with Crippen molar-refractivity contribution >= 4 is 27.5 Å². The van der Waals surface area contributed by atoms with E-state index < -0.39 is 23.8 Å². The molecular weight excluding hydrogens is 354 g/mol. The second-order valence-electron chi connectivity index (χ2n) is 7.54. The van der Waals surface area contributed by atoms with E-state index in [1.54, 1.807) is 4.57 Å². The van der Waals surface area contributed by atoms with E-state index in [0.717, 1.165) is 47.2 Å². The predicted octanol–water partition coefficient (Wildman–Crippen LogP) is -1.37. The van der Waals surface area contributed by atoms with Gasteiger partial charge < -0.3 is 14.8 Å². The van der Waals surface area contributed by atoms with Crippen LogP contribution >= 0.6 is 11.3 Å². The molecule has 7 nitrogen and oxygen atoms in total. The summed E-state index contributed by atoms with van der Waals surface area (Å²) < 4.78 is 2.42. The maximum atomic E-state index is 12.9. The van der Waals surface area contributed by atoms with Gasteiger partial charge in [0.2, 0.25) is 0 Å². The molecule has 1 atom stereocenters. The molecule has 2 heterocycles. The Morgan fingerprint density at radius 1 is 1.31 bits per heavy atom. The molecule has 1 N–H and O–H groups in total. The van der Waals surface area contributed by atoms with Crippen molar-refractivity contribution in [3.63, 3.8) is 0 Å². The van der Waals surface area contributed by atoms with Crippen LogP contribution in [-0.4, -0.2) is 35.7 Å². The van der Waals surface area contributed by atoms with Gasteiger partial charge in [-0.3, -0.25) is 13.9 Å². The van der Waals surface area contributed by atoms with Gasteiger partial charge in [-0.15, -0.1) is 11.3 Å². The zero-order chi connectivity index (χ0) is 19.0. The van der Waals surface area contributed by atoms with Gasteiger partial charge in [0.05, 0.1) is 38.5 Å². The van der Waals surface area contributed by atoms with E-state index in [-0.39, 0.29) is 0 Å². The number of nitrogens with one attached hydrogen (secondary N) is 1. The van der Waals surface area contributed by atoms with Gasteiger partial charge in [0, 0.05) is 17.8 Å². The molecule has 142 valence electrons. The average Bonchev–Trinajstić information content (AvgIpc) is 2.92. The van der Waals surface area contributed by atoms with Gasteiger partial charge in [0.15, 0.2) is 0 Å². The van der Waals surface area contributed by atoms with Crippen molar-refractivity contribution in [3.05, 3.63) is 31.3 Å². The number of rotatable bonds is 6. The fourth-order valence-corrected chi connectivity index (χ4v) is 5.02. The highest BCUT2D eigenvalue weighted by Crippen LogP contribution is 2.36. The molecule has 0 saturated carbocycles. The molecule has 0 unspecified atom stereocenters. The Hall–Kier alpha value is -1.93. The Morgan fingerprint density at radius 3 is 2.69 bits per heavy atom. The number of quaternary nitrogens is 1. The Labute approximate surface area is 155 Å². The third-order valence-corrected chi connectivity index (χ3v) is 6.32. The summed E-state index contributed by atoms with van der Waals surface area (Å²) in [4.78, 5) is 40.0. The van der Waals surface area contributed by atoms with Crippen molar-refractivity contribution in [3.8, 4) is 0 Å². The topological polar surface area (TPSA) is 88.6 Å². The van der Waals surface area contributed by atoms with Crippen LogP contribution in [0.5, 0.6) is 0 Å². The van der Waals surface area contributed by atoms with Crippen molar-refractivity contribution < 1.29 is 14.8 Å². The van der Waals surface area contributed by atoms with Crippen molar-refractivity contribution in [1.29, 1.82) is 0 Å². The molecule has 0 fully saturated rings. The number of thiophene rings is 1. The first kappa shape index (κ1) is 18.8. The van der Waals surface area contributed by atoms with Gasteiger partial charge in [0.1, 0.15) is 4.83 Å². The van der Waals surface area contributed by atoms with Gasteiger partial charge in [0.25, 0.3) is 5.56 Å². The van der Waals surface area contributed by atoms with Gasteiger partial charge in [-0.1, -0.05) is 6.92 Å². The lowest BCUT2D eigenvalue weighted by molar-refractivity contribution is -0.858. The smallest absolute Gasteiger partial charge is 0.332 e. The van der Waals surface area contributed by atoms with Crippen molar-refractivity contribution in [2.75, 3.05) is 20.6 Å². The highest BCUT2D eigenvalue weighted by atomic mass is 32.1. The number of carbonyl (C=O) groups excluding carboxylic acids is 1. The standard InChI is InChI=1S/C18H25N3O4S/c1-11-5-6-13-12(9-11)15-16(24)21(10-14(22)23)18(25)20(17(15)26-13)8-4-7-19(2)3/h11H,4-10H2,1-3H3,(H,22,23)/t11-/m0/s1. The monoisotopic (exact) mass is 379 g/mol. The summed E-state index contributed by atoms with van der Waals surface area (Å²) in [6, 6.07) is 0. The summed E-state index contributed by atoms with van der Waals surface area (Å²) in [6.45, 7) is 2.81. The van der Waals surface area contributed by atoms with Crippen LogP contribution in [0.4, 0.5) is 0 Å². The lowest BCUT2D eigenvalue weighted by Gasteiger charge is -2.18. The van der Waals surface area contributed by atoms with Crippen LogP contribution < -0.4 is 21.3 Å². The number of aryl methyl sites for hydroxylation is 2. The Kier molecular flexibility index (Phi) is 5.34. The number of hydrogen-bond acceptors (Lipinski definition) is 5.